The first-order valence-electron chi connectivity index (χ1n) is 7.57. The normalized spacial score (nSPS) is 15.1. The van der Waals surface area contributed by atoms with Crippen LogP contribution in [0.4, 0.5) is 0 Å². The number of quaternary nitrogens is 2. The van der Waals surface area contributed by atoms with E-state index in [0.29, 0.717) is 4.48 Å². The van der Waals surface area contributed by atoms with Crippen LogP contribution < -0.4 is 0 Å². The average Bonchev–Trinajstić information content (AvgIpc) is 2.09. The number of hydrogen-bond donors (Lipinski definition) is 0. The SMILES string of the molecule is CC(C)(C)OC(=O)C(CCCC[N+](C)(C)C)[N+](C)(C)C. The Morgan fingerprint density at radius 1 is 1.00 bits per heavy atom. The number of hydrogen-bond acceptors (Lipinski definition) is 2. The van der Waals surface area contributed by atoms with Gasteiger partial charge in [0, 0.05) is 6.42 Å². The minimum atomic E-state index is -0.410. The van der Waals surface area contributed by atoms with Crippen LogP contribution in [-0.4, -0.2) is 75.4 Å². The van der Waals surface area contributed by atoms with E-state index in [4.69, 9.17) is 4.74 Å². The highest BCUT2D eigenvalue weighted by atomic mass is 16.6. The van der Waals surface area contributed by atoms with Gasteiger partial charge in [-0.15, -0.1) is 0 Å². The highest BCUT2D eigenvalue weighted by Crippen LogP contribution is 2.18. The maximum absolute atomic E-state index is 12.4. The zero-order valence-electron chi connectivity index (χ0n) is 15.1. The van der Waals surface area contributed by atoms with Crippen molar-refractivity contribution in [1.82, 2.24) is 0 Å². The van der Waals surface area contributed by atoms with Crippen molar-refractivity contribution in [2.75, 3.05) is 48.8 Å². The van der Waals surface area contributed by atoms with Crippen LogP contribution in [0, 0.1) is 0 Å². The van der Waals surface area contributed by atoms with Crippen LogP contribution in [0.25, 0.3) is 0 Å². The molecule has 0 rings (SSSR count). The highest BCUT2D eigenvalue weighted by Gasteiger charge is 2.34. The minimum Gasteiger partial charge on any atom is -0.456 e. The van der Waals surface area contributed by atoms with Gasteiger partial charge in [-0.2, -0.15) is 0 Å². The van der Waals surface area contributed by atoms with Gasteiger partial charge in [0.2, 0.25) is 0 Å². The Bertz CT molecular complexity index is 306. The lowest BCUT2D eigenvalue weighted by Gasteiger charge is -2.34. The number of rotatable bonds is 7. The summed E-state index contributed by atoms with van der Waals surface area (Å²) >= 11 is 0. The lowest BCUT2D eigenvalue weighted by Crippen LogP contribution is -2.51. The number of carbonyl (C=O) groups excluding carboxylic acids is 1. The number of nitrogens with zero attached hydrogens (tertiary/aromatic N) is 2. The Hall–Kier alpha value is -0.610. The largest absolute Gasteiger partial charge is 0.456 e. The molecule has 120 valence electrons. The number of ether oxygens (including phenoxy) is 1. The van der Waals surface area contributed by atoms with Crippen molar-refractivity contribution in [3.05, 3.63) is 0 Å². The van der Waals surface area contributed by atoms with Gasteiger partial charge in [-0.1, -0.05) is 0 Å². The van der Waals surface area contributed by atoms with Crippen molar-refractivity contribution in [3.8, 4) is 0 Å². The highest BCUT2D eigenvalue weighted by molar-refractivity contribution is 5.74. The van der Waals surface area contributed by atoms with Crippen LogP contribution in [0.2, 0.25) is 0 Å². The van der Waals surface area contributed by atoms with E-state index in [9.17, 15) is 4.79 Å². The number of unbranched alkanes of at least 4 members (excludes halogenated alkanes) is 1. The second kappa shape index (κ2) is 6.90. The molecule has 4 nitrogen and oxygen atoms in total. The van der Waals surface area contributed by atoms with Crippen LogP contribution in [0.5, 0.6) is 0 Å². The fraction of sp³-hybridized carbons (Fsp3) is 0.938. The summed E-state index contributed by atoms with van der Waals surface area (Å²) in [5, 5.41) is 0. The molecule has 20 heavy (non-hydrogen) atoms. The van der Waals surface area contributed by atoms with E-state index >= 15 is 0 Å². The molecule has 0 saturated carbocycles. The summed E-state index contributed by atoms with van der Waals surface area (Å²) in [6.07, 6.45) is 3.09. The molecule has 0 aromatic carbocycles. The minimum absolute atomic E-state index is 0.0738. The van der Waals surface area contributed by atoms with Gasteiger partial charge >= 0.3 is 5.97 Å². The zero-order valence-corrected chi connectivity index (χ0v) is 15.1. The number of likely N-dealkylation sites (N-methyl/N-ethyl adjacent to an activating group) is 1. The van der Waals surface area contributed by atoms with Gasteiger partial charge in [-0.25, -0.2) is 4.79 Å². The molecular weight excluding hydrogens is 252 g/mol. The maximum atomic E-state index is 12.4. The maximum Gasteiger partial charge on any atom is 0.365 e. The van der Waals surface area contributed by atoms with E-state index in [0.717, 1.165) is 30.3 Å². The van der Waals surface area contributed by atoms with E-state index < -0.39 is 5.60 Å². The molecule has 0 bridgehead atoms. The Morgan fingerprint density at radius 3 is 1.85 bits per heavy atom. The molecule has 0 amide bonds. The molecule has 0 aromatic heterocycles. The third kappa shape index (κ3) is 9.32. The molecule has 1 unspecified atom stereocenters. The summed E-state index contributed by atoms with van der Waals surface area (Å²) in [4.78, 5) is 12.4. The number of esters is 1. The van der Waals surface area contributed by atoms with Crippen molar-refractivity contribution < 1.29 is 18.5 Å². The van der Waals surface area contributed by atoms with Gasteiger partial charge in [0.25, 0.3) is 0 Å². The van der Waals surface area contributed by atoms with E-state index in [1.165, 1.54) is 0 Å². The molecule has 0 spiro atoms. The van der Waals surface area contributed by atoms with Gasteiger partial charge in [0.15, 0.2) is 6.04 Å². The predicted octanol–water partition coefficient (Wildman–Crippen LogP) is 2.28. The second-order valence-corrected chi connectivity index (χ2v) is 8.68. The molecule has 0 radical (unpaired) electrons. The third-order valence-corrected chi connectivity index (χ3v) is 3.17. The molecule has 0 aromatic rings. The Labute approximate surface area is 125 Å². The molecule has 0 fully saturated rings. The van der Waals surface area contributed by atoms with Gasteiger partial charge in [-0.3, -0.25) is 0 Å². The molecule has 0 aliphatic heterocycles. The lowest BCUT2D eigenvalue weighted by atomic mass is 10.1. The molecule has 1 atom stereocenters. The van der Waals surface area contributed by atoms with Gasteiger partial charge < -0.3 is 13.7 Å². The number of carbonyl (C=O) groups is 1. The first-order chi connectivity index (χ1) is 8.72. The summed E-state index contributed by atoms with van der Waals surface area (Å²) in [7, 11) is 12.8. The zero-order chi connectivity index (χ0) is 16.2. The van der Waals surface area contributed by atoms with Crippen molar-refractivity contribution in [3.63, 3.8) is 0 Å². The second-order valence-electron chi connectivity index (χ2n) is 8.68. The molecule has 0 aliphatic carbocycles. The molecule has 0 saturated heterocycles. The lowest BCUT2D eigenvalue weighted by molar-refractivity contribution is -0.888. The van der Waals surface area contributed by atoms with Crippen LogP contribution in [0.15, 0.2) is 0 Å². The molecule has 4 heteroatoms. The summed E-state index contributed by atoms with van der Waals surface area (Å²) in [6, 6.07) is -0.0818. The summed E-state index contributed by atoms with van der Waals surface area (Å²) in [6.45, 7) is 6.91. The van der Waals surface area contributed by atoms with Crippen LogP contribution in [0.3, 0.4) is 0 Å². The summed E-state index contributed by atoms with van der Waals surface area (Å²) in [5.74, 6) is -0.0738. The van der Waals surface area contributed by atoms with Crippen LogP contribution >= 0.6 is 0 Å². The van der Waals surface area contributed by atoms with E-state index in [1.54, 1.807) is 0 Å². The molecule has 0 N–H and O–H groups in total. The molecule has 0 aliphatic rings. The van der Waals surface area contributed by atoms with Gasteiger partial charge in [0.1, 0.15) is 5.60 Å². The van der Waals surface area contributed by atoms with E-state index in [2.05, 4.69) is 42.3 Å². The van der Waals surface area contributed by atoms with Gasteiger partial charge in [-0.05, 0) is 33.6 Å². The quantitative estimate of drug-likeness (QED) is 0.408. The van der Waals surface area contributed by atoms with Gasteiger partial charge in [0.05, 0.1) is 48.8 Å². The van der Waals surface area contributed by atoms with E-state index in [1.807, 2.05) is 20.8 Å². The van der Waals surface area contributed by atoms with E-state index in [-0.39, 0.29) is 12.0 Å². The Kier molecular flexibility index (Phi) is 6.69. The van der Waals surface area contributed by atoms with Crippen molar-refractivity contribution in [2.45, 2.75) is 51.7 Å². The fourth-order valence-electron chi connectivity index (χ4n) is 2.12. The third-order valence-electron chi connectivity index (χ3n) is 3.17. The fourth-order valence-corrected chi connectivity index (χ4v) is 2.12. The smallest absolute Gasteiger partial charge is 0.365 e. The predicted molar refractivity (Wildman–Crippen MR) is 84.4 cm³/mol. The van der Waals surface area contributed by atoms with Crippen molar-refractivity contribution in [2.24, 2.45) is 0 Å². The Morgan fingerprint density at radius 2 is 1.50 bits per heavy atom. The first kappa shape index (κ1) is 19.4. The monoisotopic (exact) mass is 288 g/mol. The topological polar surface area (TPSA) is 26.3 Å². The molecular formula is C16H36N2O2+2. The summed E-state index contributed by atoms with van der Waals surface area (Å²) < 4.78 is 7.16. The Balaban J connectivity index is 4.49. The van der Waals surface area contributed by atoms with Crippen LogP contribution in [0.1, 0.15) is 40.0 Å². The average molecular weight is 288 g/mol. The van der Waals surface area contributed by atoms with Crippen molar-refractivity contribution in [1.29, 1.82) is 0 Å². The molecule has 0 heterocycles. The summed E-state index contributed by atoms with van der Waals surface area (Å²) in [5.41, 5.74) is -0.410. The van der Waals surface area contributed by atoms with Crippen molar-refractivity contribution >= 4 is 5.97 Å². The first-order valence-corrected chi connectivity index (χ1v) is 7.57. The standard InChI is InChI=1S/C16H36N2O2/c1-16(2,3)20-15(19)14(18(7,8)9)12-10-11-13-17(4,5)6/h14H,10-13H2,1-9H3/q+2. The van der Waals surface area contributed by atoms with Crippen LogP contribution in [-0.2, 0) is 9.53 Å².